The van der Waals surface area contributed by atoms with E-state index in [2.05, 4.69) is 17.0 Å². The zero-order valence-electron chi connectivity index (χ0n) is 16.7. The van der Waals surface area contributed by atoms with Crippen molar-refractivity contribution in [3.05, 3.63) is 34.9 Å². The molecular formula is C22H32ClN3O2. The average molecular weight is 406 g/mol. The van der Waals surface area contributed by atoms with Crippen molar-refractivity contribution in [2.75, 3.05) is 45.8 Å². The van der Waals surface area contributed by atoms with Gasteiger partial charge in [-0.1, -0.05) is 18.9 Å². The summed E-state index contributed by atoms with van der Waals surface area (Å²) < 4.78 is 0. The molecule has 1 aromatic rings. The summed E-state index contributed by atoms with van der Waals surface area (Å²) in [5.41, 5.74) is 3.58. The van der Waals surface area contributed by atoms with Crippen molar-refractivity contribution >= 4 is 24.2 Å². The molecule has 0 bridgehead atoms. The lowest BCUT2D eigenvalue weighted by Gasteiger charge is -2.35. The third kappa shape index (κ3) is 4.87. The summed E-state index contributed by atoms with van der Waals surface area (Å²) in [4.78, 5) is 31.6. The van der Waals surface area contributed by atoms with Gasteiger partial charge in [-0.25, -0.2) is 0 Å². The average Bonchev–Trinajstić information content (AvgIpc) is 2.99. The highest BCUT2D eigenvalue weighted by molar-refractivity contribution is 5.94. The summed E-state index contributed by atoms with van der Waals surface area (Å²) >= 11 is 0. The Balaban J connectivity index is 0.00000225. The van der Waals surface area contributed by atoms with Crippen molar-refractivity contribution in [2.24, 2.45) is 0 Å². The first-order valence-electron chi connectivity index (χ1n) is 10.6. The number of carbonyl (C=O) groups excluding carboxylic acids is 2. The molecule has 2 saturated heterocycles. The Morgan fingerprint density at radius 3 is 2.14 bits per heavy atom. The lowest BCUT2D eigenvalue weighted by atomic mass is 10.1. The number of fused-ring (bicyclic) bond motifs is 1. The molecular weight excluding hydrogens is 374 g/mol. The van der Waals surface area contributed by atoms with Gasteiger partial charge in [0.2, 0.25) is 5.91 Å². The molecule has 2 heterocycles. The van der Waals surface area contributed by atoms with Gasteiger partial charge in [0.05, 0.1) is 6.54 Å². The van der Waals surface area contributed by atoms with E-state index in [0.29, 0.717) is 19.6 Å². The van der Waals surface area contributed by atoms with E-state index >= 15 is 0 Å². The van der Waals surface area contributed by atoms with Crippen LogP contribution in [0.15, 0.2) is 18.2 Å². The van der Waals surface area contributed by atoms with Crippen LogP contribution in [0, 0.1) is 0 Å². The molecule has 0 N–H and O–H groups in total. The lowest BCUT2D eigenvalue weighted by Crippen LogP contribution is -2.51. The Morgan fingerprint density at radius 2 is 1.43 bits per heavy atom. The standard InChI is InChI=1S/C22H31N3O2.ClH/c26-21(24-10-3-1-2-4-11-24)17-23-12-14-25(15-13-23)22(27)20-9-8-18-6-5-7-19(18)16-20;/h8-9,16H,1-7,10-15,17H2;1H. The molecule has 2 aliphatic heterocycles. The third-order valence-electron chi connectivity index (χ3n) is 6.32. The molecule has 2 fully saturated rings. The molecule has 5 nitrogen and oxygen atoms in total. The normalized spacial score (nSPS) is 20.3. The molecule has 4 rings (SSSR count). The SMILES string of the molecule is Cl.O=C(CN1CCN(C(=O)c2ccc3c(c2)CCC3)CC1)N1CCCCCC1. The Labute approximate surface area is 174 Å². The van der Waals surface area contributed by atoms with Crippen LogP contribution in [0.3, 0.4) is 0 Å². The van der Waals surface area contributed by atoms with E-state index in [1.807, 2.05) is 15.9 Å². The minimum atomic E-state index is 0. The van der Waals surface area contributed by atoms with E-state index in [0.717, 1.165) is 57.4 Å². The molecule has 154 valence electrons. The van der Waals surface area contributed by atoms with Crippen LogP contribution in [0.25, 0.3) is 0 Å². The largest absolute Gasteiger partial charge is 0.342 e. The molecule has 6 heteroatoms. The molecule has 3 aliphatic rings. The van der Waals surface area contributed by atoms with E-state index in [1.165, 1.54) is 30.4 Å². The van der Waals surface area contributed by atoms with Crippen molar-refractivity contribution in [1.29, 1.82) is 0 Å². The molecule has 1 aliphatic carbocycles. The number of hydrogen-bond donors (Lipinski definition) is 0. The number of benzene rings is 1. The summed E-state index contributed by atoms with van der Waals surface area (Å²) in [5.74, 6) is 0.401. The number of rotatable bonds is 3. The first kappa shape index (κ1) is 21.1. The summed E-state index contributed by atoms with van der Waals surface area (Å²) in [5, 5.41) is 0. The molecule has 0 unspecified atom stereocenters. The number of halogens is 1. The van der Waals surface area contributed by atoms with Crippen molar-refractivity contribution in [3.63, 3.8) is 0 Å². The van der Waals surface area contributed by atoms with Crippen molar-refractivity contribution < 1.29 is 9.59 Å². The Morgan fingerprint density at radius 1 is 0.750 bits per heavy atom. The zero-order valence-corrected chi connectivity index (χ0v) is 17.5. The fourth-order valence-electron chi connectivity index (χ4n) is 4.61. The molecule has 0 atom stereocenters. The van der Waals surface area contributed by atoms with Crippen molar-refractivity contribution in [2.45, 2.75) is 44.9 Å². The second-order valence-corrected chi connectivity index (χ2v) is 8.20. The van der Waals surface area contributed by atoms with Crippen LogP contribution in [-0.2, 0) is 17.6 Å². The van der Waals surface area contributed by atoms with Gasteiger partial charge in [-0.15, -0.1) is 12.4 Å². The molecule has 0 spiro atoms. The fourth-order valence-corrected chi connectivity index (χ4v) is 4.61. The van der Waals surface area contributed by atoms with Gasteiger partial charge >= 0.3 is 0 Å². The van der Waals surface area contributed by atoms with Gasteiger partial charge in [-0.05, 0) is 55.4 Å². The monoisotopic (exact) mass is 405 g/mol. The van der Waals surface area contributed by atoms with Crippen molar-refractivity contribution in [3.8, 4) is 0 Å². The quantitative estimate of drug-likeness (QED) is 0.776. The van der Waals surface area contributed by atoms with Crippen molar-refractivity contribution in [1.82, 2.24) is 14.7 Å². The number of hydrogen-bond acceptors (Lipinski definition) is 3. The highest BCUT2D eigenvalue weighted by atomic mass is 35.5. The maximum atomic E-state index is 12.8. The molecule has 2 amide bonds. The van der Waals surface area contributed by atoms with Crippen LogP contribution in [0.4, 0.5) is 0 Å². The second kappa shape index (κ2) is 9.75. The number of likely N-dealkylation sites (tertiary alicyclic amines) is 1. The van der Waals surface area contributed by atoms with E-state index in [-0.39, 0.29) is 24.2 Å². The smallest absolute Gasteiger partial charge is 0.253 e. The predicted octanol–water partition coefficient (Wildman–Crippen LogP) is 2.76. The predicted molar refractivity (Wildman–Crippen MR) is 113 cm³/mol. The highest BCUT2D eigenvalue weighted by Crippen LogP contribution is 2.23. The van der Waals surface area contributed by atoms with Gasteiger partial charge in [-0.3, -0.25) is 14.5 Å². The number of nitrogens with zero attached hydrogens (tertiary/aromatic N) is 3. The van der Waals surface area contributed by atoms with E-state index in [4.69, 9.17) is 0 Å². The third-order valence-corrected chi connectivity index (χ3v) is 6.32. The van der Waals surface area contributed by atoms with Crippen LogP contribution in [0.5, 0.6) is 0 Å². The molecule has 0 radical (unpaired) electrons. The van der Waals surface area contributed by atoms with E-state index < -0.39 is 0 Å². The zero-order chi connectivity index (χ0) is 18.6. The second-order valence-electron chi connectivity index (χ2n) is 8.20. The van der Waals surface area contributed by atoms with E-state index in [9.17, 15) is 9.59 Å². The lowest BCUT2D eigenvalue weighted by molar-refractivity contribution is -0.132. The van der Waals surface area contributed by atoms with Crippen LogP contribution in [0.2, 0.25) is 0 Å². The first-order chi connectivity index (χ1) is 13.2. The van der Waals surface area contributed by atoms with Gasteiger partial charge in [0.15, 0.2) is 0 Å². The van der Waals surface area contributed by atoms with Gasteiger partial charge in [-0.2, -0.15) is 0 Å². The number of amides is 2. The van der Waals surface area contributed by atoms with Gasteiger partial charge in [0.1, 0.15) is 0 Å². The molecule has 0 aromatic heterocycles. The fraction of sp³-hybridized carbons (Fsp3) is 0.636. The first-order valence-corrected chi connectivity index (χ1v) is 10.6. The minimum Gasteiger partial charge on any atom is -0.342 e. The van der Waals surface area contributed by atoms with Crippen LogP contribution >= 0.6 is 12.4 Å². The number of carbonyl (C=O) groups is 2. The summed E-state index contributed by atoms with van der Waals surface area (Å²) in [6.45, 7) is 5.32. The topological polar surface area (TPSA) is 43.9 Å². The summed E-state index contributed by atoms with van der Waals surface area (Å²) in [7, 11) is 0. The maximum absolute atomic E-state index is 12.8. The number of aryl methyl sites for hydroxylation is 2. The highest BCUT2D eigenvalue weighted by Gasteiger charge is 2.25. The van der Waals surface area contributed by atoms with Gasteiger partial charge < -0.3 is 9.80 Å². The summed E-state index contributed by atoms with van der Waals surface area (Å²) in [6.07, 6.45) is 8.21. The Hall–Kier alpha value is -1.59. The Kier molecular flexibility index (Phi) is 7.36. The summed E-state index contributed by atoms with van der Waals surface area (Å²) in [6, 6.07) is 6.22. The van der Waals surface area contributed by atoms with Crippen LogP contribution in [0.1, 0.15) is 53.6 Å². The van der Waals surface area contributed by atoms with Crippen LogP contribution < -0.4 is 0 Å². The molecule has 28 heavy (non-hydrogen) atoms. The number of piperazine rings is 1. The minimum absolute atomic E-state index is 0. The molecule has 0 saturated carbocycles. The maximum Gasteiger partial charge on any atom is 0.253 e. The van der Waals surface area contributed by atoms with Gasteiger partial charge in [0, 0.05) is 44.8 Å². The molecule has 1 aromatic carbocycles. The Bertz CT molecular complexity index is 693. The van der Waals surface area contributed by atoms with Gasteiger partial charge in [0.25, 0.3) is 5.91 Å². The van der Waals surface area contributed by atoms with E-state index in [1.54, 1.807) is 0 Å². The van der Waals surface area contributed by atoms with Crippen LogP contribution in [-0.4, -0.2) is 72.3 Å².